The van der Waals surface area contributed by atoms with Gasteiger partial charge in [-0.25, -0.2) is 4.79 Å². The van der Waals surface area contributed by atoms with Crippen LogP contribution < -0.4 is 65.1 Å². The van der Waals surface area contributed by atoms with E-state index >= 15 is 0 Å². The van der Waals surface area contributed by atoms with Crippen molar-refractivity contribution in [1.82, 2.24) is 47.9 Å². The molecule has 33 heteroatoms. The van der Waals surface area contributed by atoms with E-state index in [1.807, 2.05) is 0 Å². The molecule has 2 aromatic carbocycles. The molecule has 486 valence electrons. The highest BCUT2D eigenvalue weighted by Gasteiger charge is 2.37. The van der Waals surface area contributed by atoms with Gasteiger partial charge >= 0.3 is 23.9 Å². The number of aliphatic carboxylic acids is 4. The van der Waals surface area contributed by atoms with Gasteiger partial charge in [0.25, 0.3) is 0 Å². The molecular formula is C55H81N13O20. The molecule has 88 heavy (non-hydrogen) atoms. The third-order valence-corrected chi connectivity index (χ3v) is 13.2. The van der Waals surface area contributed by atoms with Crippen molar-refractivity contribution in [2.24, 2.45) is 34.0 Å². The Balaban J connectivity index is 2.50. The smallest absolute Gasteiger partial charge is 0.326 e. The van der Waals surface area contributed by atoms with Gasteiger partial charge in [0.2, 0.25) is 53.2 Å². The highest BCUT2D eigenvalue weighted by Crippen LogP contribution is 2.15. The molecule has 0 aliphatic heterocycles. The molecule has 0 saturated carbocycles. The predicted molar refractivity (Wildman–Crippen MR) is 309 cm³/mol. The second kappa shape index (κ2) is 37.8. The standard InChI is InChI=1S/C55H81N13O20/c1-27(2)43(52(85)62-33(16-19-40(72)73)46(79)64-37(23-29-9-6-5-7-10-29)50(83)63-36(54(87)88)11-8-22-59-55(57)58)67-48(81)35(18-21-42(76)77)61-49(82)38(24-30-12-14-31(71)15-13-30)65-51(84)39(26-70)66-53(86)44(28(3)4)68-47(80)34(17-20-41(74)75)60-45(78)32(56)25-69/h5-7,9-10,12-15,27-28,32-39,43-44,69-71H,8,11,16-26,56H2,1-4H3,(H,60,78)(H,61,82)(H,62,85)(H,63,83)(H,64,79)(H,65,84)(H,66,86)(H,67,81)(H,68,80)(H,72,73)(H,74,75)(H,76,77)(H,87,88)(H4,57,58,59)/t32-,33-,34-,35-,36-,37-,38-,39-,43-,44-/m0/s1. The lowest BCUT2D eigenvalue weighted by Crippen LogP contribution is -2.62. The molecule has 0 aliphatic carbocycles. The van der Waals surface area contributed by atoms with Crippen LogP contribution in [0, 0.1) is 11.8 Å². The number of guanidine groups is 1. The van der Waals surface area contributed by atoms with Crippen LogP contribution in [-0.2, 0) is 75.2 Å². The quantitative estimate of drug-likeness (QED) is 0.0169. The lowest BCUT2D eigenvalue weighted by Gasteiger charge is -2.29. The molecule has 0 bridgehead atoms. The Morgan fingerprint density at radius 1 is 0.432 bits per heavy atom. The fourth-order valence-electron chi connectivity index (χ4n) is 8.25. The van der Waals surface area contributed by atoms with Gasteiger partial charge in [-0.3, -0.25) is 62.5 Å². The molecular weight excluding hydrogens is 1160 g/mol. The van der Waals surface area contributed by atoms with Crippen LogP contribution in [0.2, 0.25) is 0 Å². The molecule has 22 N–H and O–H groups in total. The first-order valence-corrected chi connectivity index (χ1v) is 27.8. The number of aliphatic hydroxyl groups excluding tert-OH is 2. The van der Waals surface area contributed by atoms with Crippen molar-refractivity contribution in [3.8, 4) is 5.75 Å². The number of carbonyl (C=O) groups excluding carboxylic acids is 9. The number of nitrogens with two attached hydrogens (primary N) is 3. The van der Waals surface area contributed by atoms with Crippen molar-refractivity contribution >= 4 is 83.0 Å². The topological polar surface area (TPSA) is 562 Å². The van der Waals surface area contributed by atoms with Crippen LogP contribution in [-0.4, -0.2) is 199 Å². The zero-order valence-corrected chi connectivity index (χ0v) is 48.9. The summed E-state index contributed by atoms with van der Waals surface area (Å²) >= 11 is 0. The fourth-order valence-corrected chi connectivity index (χ4v) is 8.25. The molecule has 9 amide bonds. The Bertz CT molecular complexity index is 2770. The van der Waals surface area contributed by atoms with Crippen LogP contribution in [0.4, 0.5) is 0 Å². The van der Waals surface area contributed by atoms with Crippen LogP contribution in [0.25, 0.3) is 0 Å². The minimum absolute atomic E-state index is 0.0269. The number of aliphatic hydroxyl groups is 2. The summed E-state index contributed by atoms with van der Waals surface area (Å²) < 4.78 is 0. The normalized spacial score (nSPS) is 14.4. The summed E-state index contributed by atoms with van der Waals surface area (Å²) in [4.78, 5) is 175. The van der Waals surface area contributed by atoms with E-state index in [1.165, 1.54) is 52.0 Å². The van der Waals surface area contributed by atoms with Gasteiger partial charge in [-0.2, -0.15) is 0 Å². The maximum absolute atomic E-state index is 14.4. The van der Waals surface area contributed by atoms with Crippen LogP contribution >= 0.6 is 0 Å². The number of carboxylic acid groups (broad SMARTS) is 4. The molecule has 0 spiro atoms. The highest BCUT2D eigenvalue weighted by atomic mass is 16.4. The van der Waals surface area contributed by atoms with Gasteiger partial charge in [0.1, 0.15) is 66.2 Å². The van der Waals surface area contributed by atoms with Gasteiger partial charge in [0, 0.05) is 38.6 Å². The summed E-state index contributed by atoms with van der Waals surface area (Å²) in [6.45, 7) is 3.89. The van der Waals surface area contributed by atoms with Crippen LogP contribution in [0.3, 0.4) is 0 Å². The van der Waals surface area contributed by atoms with Crippen LogP contribution in [0.1, 0.15) is 90.2 Å². The Kier molecular flexibility index (Phi) is 32.1. The highest BCUT2D eigenvalue weighted by molar-refractivity contribution is 5.99. The van der Waals surface area contributed by atoms with Crippen LogP contribution in [0.5, 0.6) is 5.75 Å². The summed E-state index contributed by atoms with van der Waals surface area (Å²) in [5.41, 5.74) is 17.0. The maximum atomic E-state index is 14.4. The lowest BCUT2D eigenvalue weighted by molar-refractivity contribution is -0.142. The number of hydrogen-bond donors (Lipinski definition) is 19. The number of benzene rings is 2. The summed E-state index contributed by atoms with van der Waals surface area (Å²) in [6.07, 6.45) is -4.54. The van der Waals surface area contributed by atoms with E-state index in [-0.39, 0.29) is 43.1 Å². The van der Waals surface area contributed by atoms with Gasteiger partial charge < -0.3 is 101 Å². The molecule has 0 aromatic heterocycles. The van der Waals surface area contributed by atoms with E-state index in [4.69, 9.17) is 17.2 Å². The second-order valence-electron chi connectivity index (χ2n) is 21.0. The van der Waals surface area contributed by atoms with E-state index in [9.17, 15) is 98.1 Å². The van der Waals surface area contributed by atoms with Crippen molar-refractivity contribution in [3.05, 3.63) is 65.7 Å². The first-order valence-electron chi connectivity index (χ1n) is 27.8. The number of rotatable bonds is 40. The van der Waals surface area contributed by atoms with Gasteiger partial charge in [-0.15, -0.1) is 0 Å². The van der Waals surface area contributed by atoms with Crippen LogP contribution in [0.15, 0.2) is 59.6 Å². The average molecular weight is 1240 g/mol. The van der Waals surface area contributed by atoms with Gasteiger partial charge in [0.05, 0.1) is 13.2 Å². The molecule has 0 fully saturated rings. The maximum Gasteiger partial charge on any atom is 0.326 e. The molecule has 0 heterocycles. The molecule has 0 unspecified atom stereocenters. The van der Waals surface area contributed by atoms with Gasteiger partial charge in [-0.1, -0.05) is 70.2 Å². The van der Waals surface area contributed by atoms with E-state index in [2.05, 4.69) is 52.8 Å². The zero-order chi connectivity index (χ0) is 66.4. The molecule has 33 nitrogen and oxygen atoms in total. The van der Waals surface area contributed by atoms with Crippen molar-refractivity contribution in [1.29, 1.82) is 0 Å². The van der Waals surface area contributed by atoms with Crippen molar-refractivity contribution in [2.45, 2.75) is 152 Å². The average Bonchev–Trinajstić information content (AvgIpc) is 3.68. The number of hydrogen-bond acceptors (Lipinski definition) is 18. The summed E-state index contributed by atoms with van der Waals surface area (Å²) in [6, 6.07) is -3.14. The number of phenols is 1. The molecule has 0 saturated heterocycles. The summed E-state index contributed by atoms with van der Waals surface area (Å²) in [5.74, 6) is -17.7. The number of aromatic hydroxyl groups is 1. The SMILES string of the molecule is CC(C)[C@H](NC(=O)[C@H](CCC(=O)O)NC(=O)[C@H](Cc1ccc(O)cc1)NC(=O)[C@H](CO)NC(=O)[C@@H](NC(=O)[C@H](CCC(=O)O)NC(=O)[C@@H](N)CO)C(C)C)C(=O)N[C@@H](CCC(=O)O)C(=O)N[C@@H](Cc1ccccc1)C(=O)N[C@@H](CCCN=C(N)N)C(=O)O. The predicted octanol–water partition coefficient (Wildman–Crippen LogP) is -5.10. The Labute approximate surface area is 505 Å². The molecule has 10 atom stereocenters. The third-order valence-electron chi connectivity index (χ3n) is 13.2. The summed E-state index contributed by atoms with van der Waals surface area (Å²) in [7, 11) is 0. The molecule has 0 radical (unpaired) electrons. The minimum Gasteiger partial charge on any atom is -0.508 e. The number of carboxylic acids is 4. The number of amides is 9. The number of nitrogens with one attached hydrogen (secondary N) is 9. The Morgan fingerprint density at radius 3 is 1.17 bits per heavy atom. The van der Waals surface area contributed by atoms with Gasteiger partial charge in [0.15, 0.2) is 5.96 Å². The van der Waals surface area contributed by atoms with Crippen molar-refractivity contribution in [3.63, 3.8) is 0 Å². The Hall–Kier alpha value is -9.50. The first kappa shape index (κ1) is 74.6. The number of nitrogens with zero attached hydrogens (tertiary/aromatic N) is 1. The largest absolute Gasteiger partial charge is 0.508 e. The van der Waals surface area contributed by atoms with Crippen molar-refractivity contribution in [2.75, 3.05) is 19.8 Å². The second-order valence-corrected chi connectivity index (χ2v) is 21.0. The van der Waals surface area contributed by atoms with E-state index in [0.717, 1.165) is 0 Å². The third kappa shape index (κ3) is 27.3. The monoisotopic (exact) mass is 1240 g/mol. The number of phenolic OH excluding ortho intramolecular Hbond substituents is 1. The van der Waals surface area contributed by atoms with Gasteiger partial charge in [-0.05, 0) is 67.2 Å². The molecule has 2 rings (SSSR count). The molecule has 2 aromatic rings. The zero-order valence-electron chi connectivity index (χ0n) is 48.9. The summed E-state index contributed by atoms with van der Waals surface area (Å²) in [5, 5.41) is 89.4. The first-order chi connectivity index (χ1) is 41.4. The molecule has 0 aliphatic rings. The number of carbonyl (C=O) groups is 13. The van der Waals surface area contributed by atoms with E-state index < -0.39 is 207 Å². The fraction of sp³-hybridized carbons (Fsp3) is 0.527. The Morgan fingerprint density at radius 2 is 0.784 bits per heavy atom. The lowest BCUT2D eigenvalue weighted by atomic mass is 10.00. The van der Waals surface area contributed by atoms with E-state index in [1.54, 1.807) is 30.3 Å². The number of aliphatic imine (C=N–C) groups is 1. The van der Waals surface area contributed by atoms with E-state index in [0.29, 0.717) is 5.56 Å². The minimum atomic E-state index is -1.89. The van der Waals surface area contributed by atoms with Crippen molar-refractivity contribution < 1.29 is 98.1 Å².